The number of rotatable bonds is 4. The van der Waals surface area contributed by atoms with Crippen molar-refractivity contribution in [2.75, 3.05) is 5.32 Å². The maximum atomic E-state index is 12.4. The Hall–Kier alpha value is -1.24. The number of aliphatic imine (C=N–C) groups is 1. The van der Waals surface area contributed by atoms with Crippen molar-refractivity contribution < 1.29 is 9.59 Å². The molecule has 1 unspecified atom stereocenters. The summed E-state index contributed by atoms with van der Waals surface area (Å²) in [4.78, 5) is 30.0. The molecule has 5 fully saturated rings. The van der Waals surface area contributed by atoms with Gasteiger partial charge in [-0.05, 0) is 68.4 Å². The number of carbonyl (C=O) groups is 2. The molecule has 1 aliphatic heterocycles. The second kappa shape index (κ2) is 7.47. The second-order valence-corrected chi connectivity index (χ2v) is 11.0. The predicted octanol–water partition coefficient (Wildman–Crippen LogP) is 4.88. The predicted molar refractivity (Wildman–Crippen MR) is 118 cm³/mol. The van der Waals surface area contributed by atoms with E-state index in [0.29, 0.717) is 20.9 Å². The number of nitrogens with one attached hydrogen (secondary N) is 2. The first kappa shape index (κ1) is 19.7. The first-order valence-electron chi connectivity index (χ1n) is 10.2. The minimum atomic E-state index is -0.472. The number of hydrogen-bond donors (Lipinski definition) is 2. The largest absolute Gasteiger partial charge is 0.325 e. The summed E-state index contributed by atoms with van der Waals surface area (Å²) in [6.07, 6.45) is 7.60. The highest BCUT2D eigenvalue weighted by Gasteiger charge is 2.51. The fourth-order valence-electron chi connectivity index (χ4n) is 5.98. The standard InChI is InChI=1S/C21H23Cl2N3O2S/c22-14-2-1-3-15(18(14)23)24-17(27)7-16-19(28)25-20(29-16)26-21-8-11-4-12(9-21)6-13(5-11)10-21/h1-3,11-13,16H,4-10H2,(H,24,27)(H,25,26,28). The smallest absolute Gasteiger partial charge is 0.240 e. The van der Waals surface area contributed by atoms with E-state index in [-0.39, 0.29) is 23.8 Å². The van der Waals surface area contributed by atoms with Crippen molar-refractivity contribution in [1.29, 1.82) is 0 Å². The molecule has 1 aromatic carbocycles. The quantitative estimate of drug-likeness (QED) is 0.684. The normalized spacial score (nSPS) is 36.5. The van der Waals surface area contributed by atoms with Gasteiger partial charge in [-0.25, -0.2) is 0 Å². The van der Waals surface area contributed by atoms with E-state index in [1.165, 1.54) is 31.0 Å². The molecule has 6 rings (SSSR count). The van der Waals surface area contributed by atoms with Crippen LogP contribution in [-0.4, -0.2) is 27.8 Å². The van der Waals surface area contributed by atoms with Crippen molar-refractivity contribution >= 4 is 57.6 Å². The van der Waals surface area contributed by atoms with Crippen LogP contribution in [-0.2, 0) is 9.59 Å². The molecule has 0 spiro atoms. The summed E-state index contributed by atoms with van der Waals surface area (Å²) in [6, 6.07) is 5.07. The van der Waals surface area contributed by atoms with Gasteiger partial charge in [-0.2, -0.15) is 0 Å². The zero-order chi connectivity index (χ0) is 20.2. The van der Waals surface area contributed by atoms with Gasteiger partial charge in [0.1, 0.15) is 5.25 Å². The molecule has 2 amide bonds. The van der Waals surface area contributed by atoms with E-state index in [2.05, 4.69) is 10.6 Å². The monoisotopic (exact) mass is 451 g/mol. The summed E-state index contributed by atoms with van der Waals surface area (Å²) in [5.74, 6) is 1.99. The highest BCUT2D eigenvalue weighted by atomic mass is 35.5. The van der Waals surface area contributed by atoms with E-state index < -0.39 is 5.25 Å². The summed E-state index contributed by atoms with van der Waals surface area (Å²) in [7, 11) is 0. The minimum Gasteiger partial charge on any atom is -0.325 e. The zero-order valence-electron chi connectivity index (χ0n) is 15.9. The molecule has 4 saturated carbocycles. The van der Waals surface area contributed by atoms with Gasteiger partial charge in [0.2, 0.25) is 11.8 Å². The van der Waals surface area contributed by atoms with Crippen molar-refractivity contribution in [2.45, 2.75) is 55.7 Å². The van der Waals surface area contributed by atoms with Crippen LogP contribution in [0.2, 0.25) is 10.0 Å². The van der Waals surface area contributed by atoms with Crippen LogP contribution >= 0.6 is 35.0 Å². The molecule has 4 aliphatic carbocycles. The van der Waals surface area contributed by atoms with E-state index in [4.69, 9.17) is 28.2 Å². The van der Waals surface area contributed by atoms with E-state index >= 15 is 0 Å². The second-order valence-electron chi connectivity index (χ2n) is 9.01. The van der Waals surface area contributed by atoms with Gasteiger partial charge in [-0.3, -0.25) is 14.6 Å². The van der Waals surface area contributed by atoms with Crippen molar-refractivity contribution in [1.82, 2.24) is 5.32 Å². The molecule has 5 nitrogen and oxygen atoms in total. The fraction of sp³-hybridized carbons (Fsp3) is 0.571. The summed E-state index contributed by atoms with van der Waals surface area (Å²) in [5.41, 5.74) is 0.463. The molecule has 1 heterocycles. The number of thioether (sulfide) groups is 1. The lowest BCUT2D eigenvalue weighted by Crippen LogP contribution is -2.50. The Morgan fingerprint density at radius 1 is 1.17 bits per heavy atom. The highest BCUT2D eigenvalue weighted by molar-refractivity contribution is 8.15. The van der Waals surface area contributed by atoms with E-state index in [1.54, 1.807) is 18.2 Å². The lowest BCUT2D eigenvalue weighted by atomic mass is 9.53. The van der Waals surface area contributed by atoms with Crippen LogP contribution < -0.4 is 10.6 Å². The number of amidine groups is 1. The van der Waals surface area contributed by atoms with Gasteiger partial charge in [0.05, 0.1) is 21.3 Å². The molecule has 4 bridgehead atoms. The van der Waals surface area contributed by atoms with Gasteiger partial charge in [0, 0.05) is 6.42 Å². The van der Waals surface area contributed by atoms with Gasteiger partial charge in [0.25, 0.3) is 0 Å². The van der Waals surface area contributed by atoms with Gasteiger partial charge in [0.15, 0.2) is 5.17 Å². The number of nitrogens with zero attached hydrogens (tertiary/aromatic N) is 1. The molecule has 29 heavy (non-hydrogen) atoms. The molecule has 1 atom stereocenters. The van der Waals surface area contributed by atoms with Crippen LogP contribution in [0.1, 0.15) is 44.9 Å². The molecule has 1 aromatic rings. The van der Waals surface area contributed by atoms with Crippen LogP contribution in [0, 0.1) is 17.8 Å². The van der Waals surface area contributed by atoms with Crippen molar-refractivity contribution in [2.24, 2.45) is 22.7 Å². The maximum absolute atomic E-state index is 12.4. The molecule has 2 N–H and O–H groups in total. The summed E-state index contributed by atoms with van der Waals surface area (Å²) >= 11 is 13.5. The van der Waals surface area contributed by atoms with Crippen molar-refractivity contribution in [3.05, 3.63) is 28.2 Å². The molecule has 1 saturated heterocycles. The topological polar surface area (TPSA) is 70.6 Å². The van der Waals surface area contributed by atoms with Gasteiger partial charge in [-0.15, -0.1) is 0 Å². The summed E-state index contributed by atoms with van der Waals surface area (Å²) in [5, 5.41) is 6.56. The third kappa shape index (κ3) is 3.91. The van der Waals surface area contributed by atoms with E-state index in [0.717, 1.165) is 37.0 Å². The highest BCUT2D eigenvalue weighted by Crippen LogP contribution is 2.57. The van der Waals surface area contributed by atoms with Crippen LogP contribution in [0.3, 0.4) is 0 Å². The summed E-state index contributed by atoms with van der Waals surface area (Å²) in [6.45, 7) is 0. The zero-order valence-corrected chi connectivity index (χ0v) is 18.2. The van der Waals surface area contributed by atoms with Gasteiger partial charge < -0.3 is 10.6 Å². The average Bonchev–Trinajstić information content (AvgIpc) is 2.96. The fourth-order valence-corrected chi connectivity index (χ4v) is 7.40. The SMILES string of the molecule is O=C(CC1SC(=NC23CC4CC(CC(C4)C2)C3)NC1=O)Nc1cccc(Cl)c1Cl. The van der Waals surface area contributed by atoms with Crippen LogP contribution in [0.25, 0.3) is 0 Å². The molecule has 154 valence electrons. The Kier molecular flexibility index (Phi) is 5.08. The van der Waals surface area contributed by atoms with Crippen LogP contribution in [0.5, 0.6) is 0 Å². The molecule has 5 aliphatic rings. The lowest BCUT2D eigenvalue weighted by molar-refractivity contribution is -0.122. The first-order valence-corrected chi connectivity index (χ1v) is 11.8. The van der Waals surface area contributed by atoms with E-state index in [1.807, 2.05) is 0 Å². The molecule has 8 heteroatoms. The maximum Gasteiger partial charge on any atom is 0.240 e. The molecule has 0 aromatic heterocycles. The van der Waals surface area contributed by atoms with Crippen LogP contribution in [0.15, 0.2) is 23.2 Å². The Morgan fingerprint density at radius 2 is 1.83 bits per heavy atom. The Morgan fingerprint density at radius 3 is 2.48 bits per heavy atom. The Bertz CT molecular complexity index is 869. The third-order valence-corrected chi connectivity index (χ3v) is 8.62. The minimum absolute atomic E-state index is 0.00975. The number of hydrogen-bond acceptors (Lipinski definition) is 4. The first-order chi connectivity index (χ1) is 13.9. The van der Waals surface area contributed by atoms with Crippen molar-refractivity contribution in [3.63, 3.8) is 0 Å². The number of amides is 2. The van der Waals surface area contributed by atoms with Gasteiger partial charge in [-0.1, -0.05) is 41.0 Å². The number of anilines is 1. The number of benzene rings is 1. The number of carbonyl (C=O) groups excluding carboxylic acids is 2. The van der Waals surface area contributed by atoms with Crippen molar-refractivity contribution in [3.8, 4) is 0 Å². The molecular weight excluding hydrogens is 429 g/mol. The lowest BCUT2D eigenvalue weighted by Gasteiger charge is -2.55. The van der Waals surface area contributed by atoms with Crippen LogP contribution in [0.4, 0.5) is 5.69 Å². The third-order valence-electron chi connectivity index (χ3n) is 6.72. The Balaban J connectivity index is 1.24. The number of halogens is 2. The average molecular weight is 452 g/mol. The van der Waals surface area contributed by atoms with Gasteiger partial charge >= 0.3 is 0 Å². The summed E-state index contributed by atoms with van der Waals surface area (Å²) < 4.78 is 0. The van der Waals surface area contributed by atoms with E-state index in [9.17, 15) is 9.59 Å². The molecular formula is C21H23Cl2N3O2S. The molecule has 0 radical (unpaired) electrons. The Labute approximate surface area is 184 Å².